The lowest BCUT2D eigenvalue weighted by Gasteiger charge is -2.22. The predicted molar refractivity (Wildman–Crippen MR) is 292 cm³/mol. The smallest absolute Gasteiger partial charge is 0.305 e. The van der Waals surface area contributed by atoms with Gasteiger partial charge in [0, 0.05) is 12.8 Å². The topological polar surface area (TPSA) is 95.9 Å². The number of amides is 1. The summed E-state index contributed by atoms with van der Waals surface area (Å²) >= 11 is 0. The number of esters is 1. The highest BCUT2D eigenvalue weighted by molar-refractivity contribution is 5.76. The van der Waals surface area contributed by atoms with E-state index >= 15 is 0 Å². The molecule has 0 fully saturated rings. The standard InChI is InChI=1S/C61H115NO5/c1-3-5-7-9-11-13-15-17-18-26-30-33-37-41-45-49-53-59(64)58(57-63)62-60(65)54-50-46-42-38-34-31-27-24-22-20-19-21-23-25-28-32-36-40-44-48-52-56-67-61(66)55-51-47-43-39-35-29-16-14-12-10-8-6-4-2/h8,10,14,16,20,22,58-59,63-64H,3-7,9,11-13,15,17-19,21,23-57H2,1-2H3,(H,62,65)/b10-8-,16-14-,22-20-. The summed E-state index contributed by atoms with van der Waals surface area (Å²) in [5.41, 5.74) is 0. The fraction of sp³-hybridized carbons (Fsp3) is 0.869. The van der Waals surface area contributed by atoms with Crippen LogP contribution in [0.3, 0.4) is 0 Å². The summed E-state index contributed by atoms with van der Waals surface area (Å²) in [5, 5.41) is 23.3. The minimum absolute atomic E-state index is 0.00721. The highest BCUT2D eigenvalue weighted by Gasteiger charge is 2.20. The van der Waals surface area contributed by atoms with Crippen molar-refractivity contribution in [1.82, 2.24) is 5.32 Å². The van der Waals surface area contributed by atoms with E-state index in [4.69, 9.17) is 4.74 Å². The maximum atomic E-state index is 12.5. The monoisotopic (exact) mass is 942 g/mol. The molecular formula is C61H115NO5. The van der Waals surface area contributed by atoms with E-state index in [0.29, 0.717) is 25.9 Å². The third kappa shape index (κ3) is 53.3. The first-order valence-electron chi connectivity index (χ1n) is 29.7. The Kier molecular flexibility index (Phi) is 55.0. The van der Waals surface area contributed by atoms with Crippen molar-refractivity contribution in [2.75, 3.05) is 13.2 Å². The SMILES string of the molecule is CCC/C=C\C/C=C\CCCCCCCC(=O)OCCCCCCCCCCCC/C=C\CCCCCCCCCC(=O)NC(CO)C(O)CCCCCCCCCCCCCCCCCC. The minimum Gasteiger partial charge on any atom is -0.466 e. The number of allylic oxidation sites excluding steroid dienone is 6. The van der Waals surface area contributed by atoms with Gasteiger partial charge in [-0.2, -0.15) is 0 Å². The molecule has 2 atom stereocenters. The molecule has 6 nitrogen and oxygen atoms in total. The summed E-state index contributed by atoms with van der Waals surface area (Å²) in [5.74, 6) is -0.0489. The Hall–Kier alpha value is -1.92. The number of nitrogens with one attached hydrogen (secondary N) is 1. The molecule has 0 spiro atoms. The second-order valence-corrected chi connectivity index (χ2v) is 20.3. The fourth-order valence-corrected chi connectivity index (χ4v) is 9.08. The summed E-state index contributed by atoms with van der Waals surface area (Å²) < 4.78 is 5.46. The van der Waals surface area contributed by atoms with Gasteiger partial charge in [0.25, 0.3) is 0 Å². The van der Waals surface area contributed by atoms with Crippen LogP contribution < -0.4 is 5.32 Å². The molecule has 0 bridgehead atoms. The maximum Gasteiger partial charge on any atom is 0.305 e. The molecule has 0 aliphatic heterocycles. The number of aliphatic hydroxyl groups excluding tert-OH is 2. The number of hydrogen-bond acceptors (Lipinski definition) is 5. The van der Waals surface area contributed by atoms with Gasteiger partial charge in [0.15, 0.2) is 0 Å². The van der Waals surface area contributed by atoms with Gasteiger partial charge in [0.1, 0.15) is 0 Å². The first-order chi connectivity index (χ1) is 33.0. The number of carbonyl (C=O) groups is 2. The van der Waals surface area contributed by atoms with Crippen LogP contribution in [-0.4, -0.2) is 47.4 Å². The van der Waals surface area contributed by atoms with E-state index in [1.54, 1.807) is 0 Å². The van der Waals surface area contributed by atoms with E-state index in [0.717, 1.165) is 51.4 Å². The van der Waals surface area contributed by atoms with Crippen molar-refractivity contribution in [3.05, 3.63) is 36.5 Å². The van der Waals surface area contributed by atoms with E-state index in [2.05, 4.69) is 55.6 Å². The molecule has 0 rings (SSSR count). The Morgan fingerprint density at radius 2 is 0.776 bits per heavy atom. The summed E-state index contributed by atoms with van der Waals surface area (Å²) in [6, 6.07) is -0.548. The zero-order valence-electron chi connectivity index (χ0n) is 44.9. The van der Waals surface area contributed by atoms with Crippen molar-refractivity contribution >= 4 is 11.9 Å². The first-order valence-corrected chi connectivity index (χ1v) is 29.7. The Balaban J connectivity index is 3.43. The molecule has 0 aliphatic rings. The summed E-state index contributed by atoms with van der Waals surface area (Å²) in [7, 11) is 0. The van der Waals surface area contributed by atoms with Gasteiger partial charge in [-0.3, -0.25) is 9.59 Å². The molecule has 0 aliphatic carbocycles. The zero-order valence-corrected chi connectivity index (χ0v) is 44.9. The Morgan fingerprint density at radius 1 is 0.418 bits per heavy atom. The van der Waals surface area contributed by atoms with Crippen molar-refractivity contribution in [1.29, 1.82) is 0 Å². The van der Waals surface area contributed by atoms with Crippen molar-refractivity contribution in [3.63, 3.8) is 0 Å². The first kappa shape index (κ1) is 65.1. The van der Waals surface area contributed by atoms with Gasteiger partial charge < -0.3 is 20.3 Å². The Morgan fingerprint density at radius 3 is 1.21 bits per heavy atom. The molecule has 0 saturated heterocycles. The maximum absolute atomic E-state index is 12.5. The number of ether oxygens (including phenoxy) is 1. The molecule has 1 amide bonds. The van der Waals surface area contributed by atoms with Crippen molar-refractivity contribution in [3.8, 4) is 0 Å². The van der Waals surface area contributed by atoms with Gasteiger partial charge in [0.2, 0.25) is 5.91 Å². The van der Waals surface area contributed by atoms with Gasteiger partial charge in [-0.25, -0.2) is 0 Å². The van der Waals surface area contributed by atoms with Gasteiger partial charge >= 0.3 is 5.97 Å². The highest BCUT2D eigenvalue weighted by atomic mass is 16.5. The number of hydrogen-bond donors (Lipinski definition) is 3. The van der Waals surface area contributed by atoms with E-state index in [9.17, 15) is 19.8 Å². The van der Waals surface area contributed by atoms with Crippen LogP contribution in [0.1, 0.15) is 316 Å². The molecule has 3 N–H and O–H groups in total. The molecule has 0 aromatic carbocycles. The van der Waals surface area contributed by atoms with E-state index in [1.807, 2.05) is 0 Å². The van der Waals surface area contributed by atoms with Crippen LogP contribution in [0.2, 0.25) is 0 Å². The van der Waals surface area contributed by atoms with Crippen LogP contribution in [0.25, 0.3) is 0 Å². The van der Waals surface area contributed by atoms with Crippen LogP contribution in [-0.2, 0) is 14.3 Å². The lowest BCUT2D eigenvalue weighted by atomic mass is 10.0. The van der Waals surface area contributed by atoms with E-state index < -0.39 is 12.1 Å². The summed E-state index contributed by atoms with van der Waals surface area (Å²) in [4.78, 5) is 24.5. The number of unbranched alkanes of at least 4 members (excludes halogenated alkanes) is 38. The number of rotatable bonds is 55. The van der Waals surface area contributed by atoms with Crippen LogP contribution >= 0.6 is 0 Å². The third-order valence-electron chi connectivity index (χ3n) is 13.6. The number of carbonyl (C=O) groups excluding carboxylic acids is 2. The van der Waals surface area contributed by atoms with Gasteiger partial charge in [-0.15, -0.1) is 0 Å². The molecule has 0 saturated carbocycles. The van der Waals surface area contributed by atoms with Crippen LogP contribution in [0.4, 0.5) is 0 Å². The van der Waals surface area contributed by atoms with Crippen molar-refractivity contribution in [2.45, 2.75) is 328 Å². The molecule has 67 heavy (non-hydrogen) atoms. The predicted octanol–water partition coefficient (Wildman–Crippen LogP) is 18.4. The molecule has 2 unspecified atom stereocenters. The van der Waals surface area contributed by atoms with Gasteiger partial charge in [-0.05, 0) is 77.0 Å². The largest absolute Gasteiger partial charge is 0.466 e. The normalized spacial score (nSPS) is 12.8. The quantitative estimate of drug-likeness (QED) is 0.0321. The number of aliphatic hydroxyl groups is 2. The van der Waals surface area contributed by atoms with Crippen molar-refractivity contribution in [2.24, 2.45) is 0 Å². The van der Waals surface area contributed by atoms with Gasteiger partial charge in [-0.1, -0.05) is 262 Å². The highest BCUT2D eigenvalue weighted by Crippen LogP contribution is 2.17. The fourth-order valence-electron chi connectivity index (χ4n) is 9.08. The molecule has 0 heterocycles. The summed E-state index contributed by atoms with van der Waals surface area (Å²) in [6.45, 7) is 4.89. The molecule has 0 aromatic heterocycles. The van der Waals surface area contributed by atoms with E-state index in [-0.39, 0.29) is 18.5 Å². The third-order valence-corrected chi connectivity index (χ3v) is 13.6. The lowest BCUT2D eigenvalue weighted by molar-refractivity contribution is -0.143. The Labute approximate surface area is 417 Å². The van der Waals surface area contributed by atoms with E-state index in [1.165, 1.54) is 231 Å². The average Bonchev–Trinajstić information content (AvgIpc) is 3.33. The molecule has 0 aromatic rings. The minimum atomic E-state index is -0.670. The summed E-state index contributed by atoms with van der Waals surface area (Å²) in [6.07, 6.45) is 70.0. The van der Waals surface area contributed by atoms with Crippen molar-refractivity contribution < 1.29 is 24.5 Å². The van der Waals surface area contributed by atoms with Crippen LogP contribution in [0.5, 0.6) is 0 Å². The molecular weight excluding hydrogens is 827 g/mol. The second-order valence-electron chi connectivity index (χ2n) is 20.3. The molecule has 6 heteroatoms. The van der Waals surface area contributed by atoms with Gasteiger partial charge in [0.05, 0.1) is 25.4 Å². The second kappa shape index (κ2) is 56.7. The Bertz CT molecular complexity index is 1090. The zero-order chi connectivity index (χ0) is 48.6. The molecule has 394 valence electrons. The lowest BCUT2D eigenvalue weighted by Crippen LogP contribution is -2.45. The van der Waals surface area contributed by atoms with Crippen LogP contribution in [0, 0.1) is 0 Å². The van der Waals surface area contributed by atoms with Crippen LogP contribution in [0.15, 0.2) is 36.5 Å². The molecule has 0 radical (unpaired) electrons. The average molecular weight is 943 g/mol.